The van der Waals surface area contributed by atoms with E-state index in [1.807, 2.05) is 30.3 Å². The molecular weight excluding hydrogens is 500 g/mol. The number of fused-ring (bicyclic) bond motifs is 1. The average molecular weight is 543 g/mol. The fourth-order valence-electron chi connectivity index (χ4n) is 4.65. The molecule has 0 saturated heterocycles. The maximum atomic E-state index is 12.8. The van der Waals surface area contributed by atoms with E-state index in [1.165, 1.54) is 0 Å². The van der Waals surface area contributed by atoms with E-state index in [9.17, 15) is 13.5 Å². The van der Waals surface area contributed by atoms with Gasteiger partial charge in [-0.1, -0.05) is 51.0 Å². The lowest BCUT2D eigenvalue weighted by Crippen LogP contribution is -2.38. The van der Waals surface area contributed by atoms with Crippen molar-refractivity contribution in [1.29, 1.82) is 0 Å². The largest absolute Gasteiger partial charge is 0.396 e. The van der Waals surface area contributed by atoms with Gasteiger partial charge in [0.25, 0.3) is 0 Å². The summed E-state index contributed by atoms with van der Waals surface area (Å²) in [5.41, 5.74) is 10.2. The van der Waals surface area contributed by atoms with Crippen LogP contribution in [0.2, 0.25) is 0 Å². The molecule has 2 aromatic carbocycles. The number of nitrogens with two attached hydrogens (primary N) is 1. The first-order valence-corrected chi connectivity index (χ1v) is 15.1. The Morgan fingerprint density at radius 1 is 1.03 bits per heavy atom. The van der Waals surface area contributed by atoms with Crippen LogP contribution < -0.4 is 10.5 Å². The second kappa shape index (κ2) is 14.6. The summed E-state index contributed by atoms with van der Waals surface area (Å²) in [6.45, 7) is 6.32. The van der Waals surface area contributed by atoms with Crippen molar-refractivity contribution in [1.82, 2.24) is 9.62 Å². The number of amidine groups is 1. The first kappa shape index (κ1) is 30.0. The normalized spacial score (nSPS) is 14.6. The van der Waals surface area contributed by atoms with E-state index < -0.39 is 16.3 Å². The molecule has 1 aliphatic heterocycles. The molecule has 1 heterocycles. The molecule has 2 aromatic rings. The molecule has 1 unspecified atom stereocenters. The van der Waals surface area contributed by atoms with Crippen molar-refractivity contribution in [3.63, 3.8) is 0 Å². The van der Waals surface area contributed by atoms with Gasteiger partial charge in [0.2, 0.25) is 10.0 Å². The van der Waals surface area contributed by atoms with Crippen molar-refractivity contribution in [2.24, 2.45) is 10.7 Å². The van der Waals surface area contributed by atoms with Gasteiger partial charge in [0.15, 0.2) is 0 Å². The smallest absolute Gasteiger partial charge is 0.240 e. The monoisotopic (exact) mass is 542 g/mol. The van der Waals surface area contributed by atoms with Crippen LogP contribution in [-0.2, 0) is 10.0 Å². The Morgan fingerprint density at radius 3 is 2.45 bits per heavy atom. The molecular formula is C29H42N4O4S. The fourth-order valence-corrected chi connectivity index (χ4v) is 5.77. The van der Waals surface area contributed by atoms with Crippen molar-refractivity contribution in [3.8, 4) is 11.1 Å². The van der Waals surface area contributed by atoms with Gasteiger partial charge in [0.05, 0.1) is 10.6 Å². The highest BCUT2D eigenvalue weighted by Gasteiger charge is 2.22. The van der Waals surface area contributed by atoms with Gasteiger partial charge in [-0.15, -0.1) is 0 Å². The van der Waals surface area contributed by atoms with Crippen LogP contribution in [0, 0.1) is 0 Å². The summed E-state index contributed by atoms with van der Waals surface area (Å²) >= 11 is 0. The van der Waals surface area contributed by atoms with Gasteiger partial charge in [-0.05, 0) is 66.7 Å². The molecule has 0 radical (unpaired) electrons. The number of nitrogens with one attached hydrogen (secondary N) is 1. The van der Waals surface area contributed by atoms with E-state index >= 15 is 0 Å². The molecule has 1 atom stereocenters. The van der Waals surface area contributed by atoms with Gasteiger partial charge in [0, 0.05) is 38.2 Å². The zero-order chi connectivity index (χ0) is 27.5. The number of benzene rings is 2. The van der Waals surface area contributed by atoms with Crippen molar-refractivity contribution in [3.05, 3.63) is 53.6 Å². The van der Waals surface area contributed by atoms with E-state index in [0.29, 0.717) is 24.5 Å². The molecule has 3 rings (SSSR count). The molecule has 1 aliphatic rings. The number of hydrogen-bond acceptors (Lipinski definition) is 7. The van der Waals surface area contributed by atoms with Crippen LogP contribution in [0.4, 0.5) is 5.69 Å². The molecule has 8 nitrogen and oxygen atoms in total. The number of aliphatic hydroxyl groups is 2. The molecule has 0 aliphatic carbocycles. The van der Waals surface area contributed by atoms with E-state index in [1.54, 1.807) is 18.2 Å². The van der Waals surface area contributed by atoms with Crippen LogP contribution in [0.5, 0.6) is 0 Å². The fraction of sp³-hybridized carbons (Fsp3) is 0.483. The van der Waals surface area contributed by atoms with Crippen LogP contribution in [0.1, 0.15) is 64.4 Å². The van der Waals surface area contributed by atoms with E-state index in [2.05, 4.69) is 28.5 Å². The van der Waals surface area contributed by atoms with Crippen LogP contribution in [-0.4, -0.2) is 61.8 Å². The van der Waals surface area contributed by atoms with Crippen LogP contribution >= 0.6 is 0 Å². The third-order valence-corrected chi connectivity index (χ3v) is 8.03. The van der Waals surface area contributed by atoms with Gasteiger partial charge in [0.1, 0.15) is 12.1 Å². The molecule has 0 spiro atoms. The Kier molecular flexibility index (Phi) is 11.5. The maximum Gasteiger partial charge on any atom is 0.240 e. The van der Waals surface area contributed by atoms with E-state index in [0.717, 1.165) is 73.9 Å². The molecule has 0 fully saturated rings. The van der Waals surface area contributed by atoms with Gasteiger partial charge in [-0.3, -0.25) is 4.90 Å². The minimum absolute atomic E-state index is 0.162. The SMILES string of the molecule is CCCN(CCC)C(O)C1=Cc2ccc(-c3cccc(S(=O)(=O)NCCCCCCO)c3)cc2N=C(N)C1. The van der Waals surface area contributed by atoms with Gasteiger partial charge in [-0.25, -0.2) is 18.1 Å². The van der Waals surface area contributed by atoms with Crippen molar-refractivity contribution < 1.29 is 18.6 Å². The van der Waals surface area contributed by atoms with Crippen LogP contribution in [0.3, 0.4) is 0 Å². The Morgan fingerprint density at radius 2 is 1.74 bits per heavy atom. The standard InChI is InChI=1S/C29H42N4O4S/c1-3-15-33(16-4-2)29(35)25-18-24-13-12-23(20-27(24)32-28(30)21-25)22-10-9-11-26(19-22)38(36,37)31-14-7-5-6-8-17-34/h9-13,18-20,29,31,34-35H,3-8,14-17,21H2,1-2H3,(H2,30,32). The Labute approximate surface area is 227 Å². The minimum Gasteiger partial charge on any atom is -0.396 e. The van der Waals surface area contributed by atoms with Gasteiger partial charge < -0.3 is 15.9 Å². The number of hydrogen-bond donors (Lipinski definition) is 4. The summed E-state index contributed by atoms with van der Waals surface area (Å²) in [6, 6.07) is 12.6. The summed E-state index contributed by atoms with van der Waals surface area (Å²) in [6.07, 6.45) is 6.73. The van der Waals surface area contributed by atoms with E-state index in [-0.39, 0.29) is 11.5 Å². The molecule has 0 aromatic heterocycles. The molecule has 9 heteroatoms. The van der Waals surface area contributed by atoms with Crippen molar-refractivity contribution >= 4 is 27.6 Å². The summed E-state index contributed by atoms with van der Waals surface area (Å²) in [5, 5.41) is 20.0. The average Bonchev–Trinajstić information content (AvgIpc) is 3.07. The molecule has 0 saturated carbocycles. The van der Waals surface area contributed by atoms with Crippen LogP contribution in [0.15, 0.2) is 57.9 Å². The second-order valence-corrected chi connectivity index (χ2v) is 11.5. The summed E-state index contributed by atoms with van der Waals surface area (Å²) < 4.78 is 28.4. The molecule has 5 N–H and O–H groups in total. The molecule has 38 heavy (non-hydrogen) atoms. The Bertz CT molecular complexity index is 1220. The number of aliphatic imine (C=N–C) groups is 1. The summed E-state index contributed by atoms with van der Waals surface area (Å²) in [5.74, 6) is 0.429. The minimum atomic E-state index is -3.64. The second-order valence-electron chi connectivity index (χ2n) is 9.75. The number of rotatable bonds is 15. The molecule has 208 valence electrons. The highest BCUT2D eigenvalue weighted by Crippen LogP contribution is 2.33. The predicted molar refractivity (Wildman–Crippen MR) is 155 cm³/mol. The lowest BCUT2D eigenvalue weighted by Gasteiger charge is -2.28. The number of nitrogens with zero attached hydrogens (tertiary/aromatic N) is 2. The molecule has 0 bridgehead atoms. The third kappa shape index (κ3) is 8.22. The number of aliphatic hydroxyl groups excluding tert-OH is 2. The number of unbranched alkanes of at least 4 members (excludes halogenated alkanes) is 3. The predicted octanol–water partition coefficient (Wildman–Crippen LogP) is 4.40. The quantitative estimate of drug-likeness (QED) is 0.195. The summed E-state index contributed by atoms with van der Waals surface area (Å²) in [4.78, 5) is 6.89. The first-order valence-electron chi connectivity index (χ1n) is 13.6. The zero-order valence-corrected chi connectivity index (χ0v) is 23.4. The Hall–Kier alpha value is -2.56. The van der Waals surface area contributed by atoms with Crippen molar-refractivity contribution in [2.45, 2.75) is 69.9 Å². The lowest BCUT2D eigenvalue weighted by molar-refractivity contribution is 0.0323. The highest BCUT2D eigenvalue weighted by atomic mass is 32.2. The summed E-state index contributed by atoms with van der Waals surface area (Å²) in [7, 11) is -3.64. The Balaban J connectivity index is 1.82. The van der Waals surface area contributed by atoms with Crippen LogP contribution in [0.25, 0.3) is 17.2 Å². The maximum absolute atomic E-state index is 12.8. The van der Waals surface area contributed by atoms with Gasteiger partial charge in [-0.2, -0.15) is 0 Å². The third-order valence-electron chi connectivity index (χ3n) is 6.57. The number of sulfonamides is 1. The van der Waals surface area contributed by atoms with Gasteiger partial charge >= 0.3 is 0 Å². The topological polar surface area (TPSA) is 128 Å². The highest BCUT2D eigenvalue weighted by molar-refractivity contribution is 7.89. The molecule has 0 amide bonds. The first-order chi connectivity index (χ1) is 18.3. The van der Waals surface area contributed by atoms with E-state index in [4.69, 9.17) is 10.8 Å². The lowest BCUT2D eigenvalue weighted by atomic mass is 10.0. The van der Waals surface area contributed by atoms with Crippen molar-refractivity contribution in [2.75, 3.05) is 26.2 Å². The zero-order valence-electron chi connectivity index (χ0n) is 22.6.